The third-order valence-electron chi connectivity index (χ3n) is 2.13. The quantitative estimate of drug-likeness (QED) is 0.498. The molecular formula is C10H13BrF2N2O. The van der Waals surface area contributed by atoms with Gasteiger partial charge in [0.2, 0.25) is 0 Å². The highest BCUT2D eigenvalue weighted by Crippen LogP contribution is 2.27. The van der Waals surface area contributed by atoms with Gasteiger partial charge in [0.25, 0.3) is 0 Å². The Labute approximate surface area is 101 Å². The molecule has 0 amide bonds. The van der Waals surface area contributed by atoms with Gasteiger partial charge in [0.1, 0.15) is 0 Å². The molecule has 1 aromatic rings. The Balaban J connectivity index is 2.96. The normalized spacial score (nSPS) is 12.8. The lowest BCUT2D eigenvalue weighted by molar-refractivity contribution is 0.123. The predicted octanol–water partition coefficient (Wildman–Crippen LogP) is 2.27. The molecular weight excluding hydrogens is 282 g/mol. The van der Waals surface area contributed by atoms with Gasteiger partial charge in [-0.15, -0.1) is 0 Å². The van der Waals surface area contributed by atoms with Crippen molar-refractivity contribution in [3.8, 4) is 0 Å². The van der Waals surface area contributed by atoms with E-state index >= 15 is 0 Å². The smallest absolute Gasteiger partial charge is 0.173 e. The Kier molecular flexibility index (Phi) is 5.27. The van der Waals surface area contributed by atoms with Crippen molar-refractivity contribution in [1.82, 2.24) is 5.43 Å². The predicted molar refractivity (Wildman–Crippen MR) is 60.6 cm³/mol. The first-order valence-corrected chi connectivity index (χ1v) is 5.58. The van der Waals surface area contributed by atoms with Gasteiger partial charge in [-0.1, -0.05) is 6.07 Å². The van der Waals surface area contributed by atoms with E-state index < -0.39 is 11.6 Å². The van der Waals surface area contributed by atoms with Gasteiger partial charge in [0.15, 0.2) is 11.6 Å². The van der Waals surface area contributed by atoms with Crippen molar-refractivity contribution in [3.05, 3.63) is 33.8 Å². The highest BCUT2D eigenvalue weighted by molar-refractivity contribution is 9.10. The molecule has 90 valence electrons. The van der Waals surface area contributed by atoms with Gasteiger partial charge >= 0.3 is 0 Å². The number of benzene rings is 1. The summed E-state index contributed by atoms with van der Waals surface area (Å²) in [6, 6.07) is 2.14. The zero-order chi connectivity index (χ0) is 12.1. The van der Waals surface area contributed by atoms with Crippen LogP contribution in [0.4, 0.5) is 8.78 Å². The first kappa shape index (κ1) is 13.5. The Hall–Kier alpha value is -0.560. The number of ether oxygens (including phenoxy) is 1. The molecule has 3 N–H and O–H groups in total. The van der Waals surface area contributed by atoms with Crippen molar-refractivity contribution in [2.75, 3.05) is 13.2 Å². The van der Waals surface area contributed by atoms with Gasteiger partial charge in [-0.25, -0.2) is 8.78 Å². The van der Waals surface area contributed by atoms with E-state index in [4.69, 9.17) is 10.6 Å². The Morgan fingerprint density at radius 1 is 1.50 bits per heavy atom. The van der Waals surface area contributed by atoms with Crippen LogP contribution < -0.4 is 11.3 Å². The molecule has 1 atom stereocenters. The summed E-state index contributed by atoms with van der Waals surface area (Å²) < 4.78 is 31.4. The average molecular weight is 295 g/mol. The van der Waals surface area contributed by atoms with Gasteiger partial charge < -0.3 is 4.74 Å². The van der Waals surface area contributed by atoms with E-state index in [1.807, 2.05) is 6.92 Å². The minimum atomic E-state index is -0.922. The molecule has 0 spiro atoms. The molecule has 16 heavy (non-hydrogen) atoms. The number of hydrazine groups is 1. The molecule has 0 heterocycles. The fourth-order valence-corrected chi connectivity index (χ4v) is 1.87. The largest absolute Gasteiger partial charge is 0.380 e. The van der Waals surface area contributed by atoms with Gasteiger partial charge in [-0.3, -0.25) is 11.3 Å². The number of hydrogen-bond acceptors (Lipinski definition) is 3. The van der Waals surface area contributed by atoms with Crippen LogP contribution in [0.2, 0.25) is 0 Å². The second kappa shape index (κ2) is 6.24. The minimum absolute atomic E-state index is 0.0650. The lowest BCUT2D eigenvalue weighted by Gasteiger charge is -2.17. The Morgan fingerprint density at radius 3 is 2.75 bits per heavy atom. The maximum atomic E-state index is 13.3. The molecule has 0 aromatic heterocycles. The van der Waals surface area contributed by atoms with Crippen LogP contribution in [0, 0.1) is 11.6 Å². The van der Waals surface area contributed by atoms with E-state index in [9.17, 15) is 8.78 Å². The van der Waals surface area contributed by atoms with Crippen LogP contribution in [0.15, 0.2) is 16.6 Å². The molecule has 1 rings (SSSR count). The number of hydrogen-bond donors (Lipinski definition) is 2. The molecule has 0 aliphatic heterocycles. The molecule has 6 heteroatoms. The monoisotopic (exact) mass is 294 g/mol. The fourth-order valence-electron chi connectivity index (χ4n) is 1.27. The second-order valence-electron chi connectivity index (χ2n) is 3.14. The van der Waals surface area contributed by atoms with Crippen LogP contribution in [0.3, 0.4) is 0 Å². The van der Waals surface area contributed by atoms with E-state index in [0.717, 1.165) is 6.07 Å². The third-order valence-corrected chi connectivity index (χ3v) is 2.94. The average Bonchev–Trinajstić information content (AvgIpc) is 2.29. The summed E-state index contributed by atoms with van der Waals surface area (Å²) >= 11 is 3.00. The lowest BCUT2D eigenvalue weighted by Crippen LogP contribution is -2.31. The highest BCUT2D eigenvalue weighted by atomic mass is 79.9. The number of halogens is 3. The van der Waals surface area contributed by atoms with Gasteiger partial charge in [-0.05, 0) is 34.5 Å². The molecule has 0 fully saturated rings. The van der Waals surface area contributed by atoms with Crippen molar-refractivity contribution < 1.29 is 13.5 Å². The molecule has 0 radical (unpaired) electrons. The zero-order valence-corrected chi connectivity index (χ0v) is 10.4. The van der Waals surface area contributed by atoms with E-state index in [1.54, 1.807) is 0 Å². The van der Waals surface area contributed by atoms with Crippen LogP contribution >= 0.6 is 15.9 Å². The van der Waals surface area contributed by atoms with E-state index in [-0.39, 0.29) is 17.1 Å². The first-order valence-electron chi connectivity index (χ1n) is 4.79. The molecule has 3 nitrogen and oxygen atoms in total. The van der Waals surface area contributed by atoms with Crippen LogP contribution in [0.25, 0.3) is 0 Å². The summed E-state index contributed by atoms with van der Waals surface area (Å²) in [6.45, 7) is 2.66. The topological polar surface area (TPSA) is 47.3 Å². The van der Waals surface area contributed by atoms with Crippen molar-refractivity contribution >= 4 is 15.9 Å². The first-order chi connectivity index (χ1) is 7.61. The second-order valence-corrected chi connectivity index (χ2v) is 3.94. The molecule has 1 aromatic carbocycles. The molecule has 0 aliphatic carbocycles. The van der Waals surface area contributed by atoms with E-state index in [1.165, 1.54) is 6.07 Å². The standard InChI is InChI=1S/C10H13BrF2N2O/c1-2-16-5-8(15-14)6-3-4-7(12)10(13)9(6)11/h3-4,8,15H,2,5,14H2,1H3. The molecule has 0 saturated carbocycles. The Bertz CT molecular complexity index is 363. The fraction of sp³-hybridized carbons (Fsp3) is 0.400. The zero-order valence-electron chi connectivity index (χ0n) is 8.77. The highest BCUT2D eigenvalue weighted by Gasteiger charge is 2.18. The van der Waals surface area contributed by atoms with E-state index in [0.29, 0.717) is 12.2 Å². The lowest BCUT2D eigenvalue weighted by atomic mass is 10.1. The summed E-state index contributed by atoms with van der Waals surface area (Å²) in [5, 5.41) is 0. The number of nitrogens with one attached hydrogen (secondary N) is 1. The SMILES string of the molecule is CCOCC(NN)c1ccc(F)c(F)c1Br. The molecule has 0 bridgehead atoms. The van der Waals surface area contributed by atoms with Crippen molar-refractivity contribution in [1.29, 1.82) is 0 Å². The van der Waals surface area contributed by atoms with Gasteiger partial charge in [0.05, 0.1) is 17.1 Å². The Morgan fingerprint density at radius 2 is 2.19 bits per heavy atom. The summed E-state index contributed by atoms with van der Waals surface area (Å²) in [6.07, 6.45) is 0. The third kappa shape index (κ3) is 2.98. The summed E-state index contributed by atoms with van der Waals surface area (Å²) in [4.78, 5) is 0. The van der Waals surface area contributed by atoms with Crippen LogP contribution in [-0.2, 0) is 4.74 Å². The summed E-state index contributed by atoms with van der Waals surface area (Å²) in [5.41, 5.74) is 3.02. The number of nitrogens with two attached hydrogens (primary N) is 1. The summed E-state index contributed by atoms with van der Waals surface area (Å²) in [5.74, 6) is 3.51. The van der Waals surface area contributed by atoms with Crippen LogP contribution in [0.1, 0.15) is 18.5 Å². The maximum absolute atomic E-state index is 13.3. The maximum Gasteiger partial charge on any atom is 0.173 e. The van der Waals surface area contributed by atoms with E-state index in [2.05, 4.69) is 21.4 Å². The van der Waals surface area contributed by atoms with Crippen molar-refractivity contribution in [2.24, 2.45) is 5.84 Å². The van der Waals surface area contributed by atoms with Crippen LogP contribution in [-0.4, -0.2) is 13.2 Å². The van der Waals surface area contributed by atoms with Gasteiger partial charge in [0, 0.05) is 6.61 Å². The number of rotatable bonds is 5. The van der Waals surface area contributed by atoms with Crippen LogP contribution in [0.5, 0.6) is 0 Å². The summed E-state index contributed by atoms with van der Waals surface area (Å²) in [7, 11) is 0. The van der Waals surface area contributed by atoms with Crippen molar-refractivity contribution in [2.45, 2.75) is 13.0 Å². The van der Waals surface area contributed by atoms with Gasteiger partial charge in [-0.2, -0.15) is 0 Å². The molecule has 0 aliphatic rings. The molecule has 0 saturated heterocycles. The van der Waals surface area contributed by atoms with Crippen molar-refractivity contribution in [3.63, 3.8) is 0 Å². The molecule has 1 unspecified atom stereocenters. The minimum Gasteiger partial charge on any atom is -0.380 e.